The summed E-state index contributed by atoms with van der Waals surface area (Å²) >= 11 is 5.37. The number of hydrogen-bond donors (Lipinski definition) is 1. The lowest BCUT2D eigenvalue weighted by atomic mass is 10.1. The minimum absolute atomic E-state index is 0.00810. The van der Waals surface area contributed by atoms with Crippen molar-refractivity contribution in [3.8, 4) is 0 Å². The van der Waals surface area contributed by atoms with E-state index in [0.29, 0.717) is 11.3 Å². The molecule has 2 nitrogen and oxygen atoms in total. The minimum atomic E-state index is 0.00810. The van der Waals surface area contributed by atoms with Gasteiger partial charge >= 0.3 is 0 Å². The van der Waals surface area contributed by atoms with Gasteiger partial charge < -0.3 is 0 Å². The number of Topliss-reactive ketones (excluding diaryl/α,β-unsaturated/α-hetero) is 1. The van der Waals surface area contributed by atoms with Crippen molar-refractivity contribution in [2.45, 2.75) is 6.92 Å². The summed E-state index contributed by atoms with van der Waals surface area (Å²) in [6.07, 6.45) is 0. The van der Waals surface area contributed by atoms with Crippen molar-refractivity contribution in [2.75, 3.05) is 4.84 Å². The number of halogens is 1. The summed E-state index contributed by atoms with van der Waals surface area (Å²) in [7, 11) is 0. The van der Waals surface area contributed by atoms with Crippen molar-refractivity contribution < 1.29 is 4.79 Å². The number of para-hydroxylation sites is 1. The van der Waals surface area contributed by atoms with Gasteiger partial charge in [0.25, 0.3) is 0 Å². The first-order chi connectivity index (χ1) is 5.25. The molecule has 0 fully saturated rings. The molecule has 0 atom stereocenters. The Labute approximate surface area is 70.3 Å². The third-order valence-corrected chi connectivity index (χ3v) is 1.61. The molecule has 0 aromatic heterocycles. The molecular formula is C8H8ClNO. The van der Waals surface area contributed by atoms with Crippen LogP contribution in [0.2, 0.25) is 0 Å². The Bertz CT molecular complexity index is 273. The van der Waals surface area contributed by atoms with Gasteiger partial charge in [0.2, 0.25) is 0 Å². The lowest BCUT2D eigenvalue weighted by Gasteiger charge is -2.01. The predicted octanol–water partition coefficient (Wildman–Crippen LogP) is 2.45. The lowest BCUT2D eigenvalue weighted by Crippen LogP contribution is -1.95. The van der Waals surface area contributed by atoms with Crippen LogP contribution in [-0.2, 0) is 0 Å². The van der Waals surface area contributed by atoms with Gasteiger partial charge in [-0.05, 0) is 19.1 Å². The molecule has 0 spiro atoms. The maximum Gasteiger partial charge on any atom is 0.161 e. The van der Waals surface area contributed by atoms with Crippen molar-refractivity contribution in [3.63, 3.8) is 0 Å². The van der Waals surface area contributed by atoms with Gasteiger partial charge in [-0.3, -0.25) is 9.63 Å². The molecule has 0 radical (unpaired) electrons. The Kier molecular flexibility index (Phi) is 2.49. The van der Waals surface area contributed by atoms with Crippen LogP contribution in [0.25, 0.3) is 0 Å². The molecule has 0 saturated heterocycles. The van der Waals surface area contributed by atoms with E-state index < -0.39 is 0 Å². The maximum atomic E-state index is 10.9. The van der Waals surface area contributed by atoms with Gasteiger partial charge in [-0.1, -0.05) is 12.1 Å². The summed E-state index contributed by atoms with van der Waals surface area (Å²) in [4.78, 5) is 13.4. The molecule has 0 aliphatic rings. The van der Waals surface area contributed by atoms with E-state index in [0.717, 1.165) is 0 Å². The van der Waals surface area contributed by atoms with Crippen LogP contribution in [0, 0.1) is 0 Å². The number of nitrogens with one attached hydrogen (secondary N) is 1. The standard InChI is InChI=1S/C8H8ClNO/c1-6(11)7-4-2-3-5-8(7)10-9/h2-5,10H,1H3. The molecule has 0 amide bonds. The normalized spacial score (nSPS) is 9.27. The van der Waals surface area contributed by atoms with Crippen LogP contribution in [-0.4, -0.2) is 5.78 Å². The molecule has 58 valence electrons. The van der Waals surface area contributed by atoms with Gasteiger partial charge in [0.15, 0.2) is 5.78 Å². The molecule has 1 N–H and O–H groups in total. The van der Waals surface area contributed by atoms with E-state index in [4.69, 9.17) is 11.8 Å². The number of ketones is 1. The van der Waals surface area contributed by atoms with Crippen molar-refractivity contribution >= 4 is 23.2 Å². The second-order valence-electron chi connectivity index (χ2n) is 2.20. The first kappa shape index (κ1) is 8.08. The summed E-state index contributed by atoms with van der Waals surface area (Å²) in [6, 6.07) is 7.10. The summed E-state index contributed by atoms with van der Waals surface area (Å²) < 4.78 is 0. The van der Waals surface area contributed by atoms with E-state index in [-0.39, 0.29) is 5.78 Å². The van der Waals surface area contributed by atoms with Crippen LogP contribution in [0.4, 0.5) is 5.69 Å². The lowest BCUT2D eigenvalue weighted by molar-refractivity contribution is 0.101. The zero-order valence-corrected chi connectivity index (χ0v) is 6.85. The summed E-state index contributed by atoms with van der Waals surface area (Å²) in [5, 5.41) is 0. The number of anilines is 1. The van der Waals surface area contributed by atoms with Gasteiger partial charge in [-0.2, -0.15) is 0 Å². The Morgan fingerprint density at radius 1 is 1.45 bits per heavy atom. The van der Waals surface area contributed by atoms with Crippen LogP contribution in [0.15, 0.2) is 24.3 Å². The average Bonchev–Trinajstić information content (AvgIpc) is 2.04. The zero-order chi connectivity index (χ0) is 8.27. The second-order valence-corrected chi connectivity index (χ2v) is 2.39. The first-order valence-electron chi connectivity index (χ1n) is 3.22. The molecule has 0 unspecified atom stereocenters. The molecule has 0 saturated carbocycles. The van der Waals surface area contributed by atoms with Crippen molar-refractivity contribution in [3.05, 3.63) is 29.8 Å². The molecule has 1 rings (SSSR count). The van der Waals surface area contributed by atoms with Crippen molar-refractivity contribution in [2.24, 2.45) is 0 Å². The van der Waals surface area contributed by atoms with Crippen molar-refractivity contribution in [1.29, 1.82) is 0 Å². The maximum absolute atomic E-state index is 10.9. The van der Waals surface area contributed by atoms with Crippen molar-refractivity contribution in [1.82, 2.24) is 0 Å². The smallest absolute Gasteiger partial charge is 0.161 e. The van der Waals surface area contributed by atoms with E-state index in [1.165, 1.54) is 6.92 Å². The minimum Gasteiger partial charge on any atom is -0.298 e. The third kappa shape index (κ3) is 1.71. The summed E-state index contributed by atoms with van der Waals surface area (Å²) in [6.45, 7) is 1.51. The third-order valence-electron chi connectivity index (χ3n) is 1.41. The molecule has 0 aliphatic heterocycles. The number of benzene rings is 1. The van der Waals surface area contributed by atoms with Crippen LogP contribution in [0.1, 0.15) is 17.3 Å². The molecule has 1 aromatic rings. The molecule has 3 heteroatoms. The van der Waals surface area contributed by atoms with E-state index in [2.05, 4.69) is 4.84 Å². The fourth-order valence-electron chi connectivity index (χ4n) is 0.873. The van der Waals surface area contributed by atoms with Crippen LogP contribution in [0.3, 0.4) is 0 Å². The largest absolute Gasteiger partial charge is 0.298 e. The van der Waals surface area contributed by atoms with E-state index in [1.807, 2.05) is 6.07 Å². The number of rotatable bonds is 2. The Morgan fingerprint density at radius 2 is 2.09 bits per heavy atom. The zero-order valence-electron chi connectivity index (χ0n) is 6.10. The average molecular weight is 170 g/mol. The fraction of sp³-hybridized carbons (Fsp3) is 0.125. The monoisotopic (exact) mass is 169 g/mol. The molecule has 1 aromatic carbocycles. The van der Waals surface area contributed by atoms with E-state index in [9.17, 15) is 4.79 Å². The molecule has 0 aliphatic carbocycles. The highest BCUT2D eigenvalue weighted by Gasteiger charge is 2.03. The van der Waals surface area contributed by atoms with Crippen LogP contribution >= 0.6 is 11.8 Å². The summed E-state index contributed by atoms with van der Waals surface area (Å²) in [5.74, 6) is 0.00810. The van der Waals surface area contributed by atoms with Crippen LogP contribution in [0.5, 0.6) is 0 Å². The predicted molar refractivity (Wildman–Crippen MR) is 45.9 cm³/mol. The number of carbonyl (C=O) groups excluding carboxylic acids is 1. The number of hydrogen-bond acceptors (Lipinski definition) is 2. The number of carbonyl (C=O) groups is 1. The highest BCUT2D eigenvalue weighted by atomic mass is 35.5. The van der Waals surface area contributed by atoms with E-state index in [1.54, 1.807) is 18.2 Å². The van der Waals surface area contributed by atoms with E-state index >= 15 is 0 Å². The quantitative estimate of drug-likeness (QED) is 0.544. The molecule has 11 heavy (non-hydrogen) atoms. The van der Waals surface area contributed by atoms with Gasteiger partial charge in [0, 0.05) is 17.3 Å². The Balaban J connectivity index is 3.12. The summed E-state index contributed by atoms with van der Waals surface area (Å²) in [5.41, 5.74) is 1.27. The molecule has 0 bridgehead atoms. The topological polar surface area (TPSA) is 29.1 Å². The van der Waals surface area contributed by atoms with Gasteiger partial charge in [-0.25, -0.2) is 0 Å². The molecular weight excluding hydrogens is 162 g/mol. The Hall–Kier alpha value is -1.02. The fourth-order valence-corrected chi connectivity index (χ4v) is 1.04. The molecule has 0 heterocycles. The highest BCUT2D eigenvalue weighted by molar-refractivity contribution is 6.25. The Morgan fingerprint density at radius 3 is 2.55 bits per heavy atom. The first-order valence-corrected chi connectivity index (χ1v) is 3.60. The van der Waals surface area contributed by atoms with Gasteiger partial charge in [-0.15, -0.1) is 0 Å². The SMILES string of the molecule is CC(=O)c1ccccc1NCl. The van der Waals surface area contributed by atoms with Crippen LogP contribution < -0.4 is 4.84 Å². The van der Waals surface area contributed by atoms with Gasteiger partial charge in [0.05, 0.1) is 5.69 Å². The van der Waals surface area contributed by atoms with Gasteiger partial charge in [0.1, 0.15) is 0 Å². The second kappa shape index (κ2) is 3.39. The highest BCUT2D eigenvalue weighted by Crippen LogP contribution is 2.15.